The van der Waals surface area contributed by atoms with Crippen molar-refractivity contribution in [1.82, 2.24) is 15.3 Å². The van der Waals surface area contributed by atoms with Crippen LogP contribution in [-0.4, -0.2) is 16.5 Å². The predicted molar refractivity (Wildman–Crippen MR) is 63.3 cm³/mol. The van der Waals surface area contributed by atoms with Crippen LogP contribution in [0.1, 0.15) is 30.4 Å². The van der Waals surface area contributed by atoms with Crippen LogP contribution in [0, 0.1) is 10.6 Å². The van der Waals surface area contributed by atoms with E-state index in [4.69, 9.17) is 0 Å². The van der Waals surface area contributed by atoms with Crippen molar-refractivity contribution in [2.45, 2.75) is 25.8 Å². The number of aryl methyl sites for hydroxylation is 1. The number of nitrogens with zero attached hydrogens (tertiary/aromatic N) is 1. The molecule has 1 aliphatic heterocycles. The summed E-state index contributed by atoms with van der Waals surface area (Å²) >= 11 is 2.26. The molecule has 2 rings (SSSR count). The minimum absolute atomic E-state index is 0. The van der Waals surface area contributed by atoms with Crippen LogP contribution in [0.2, 0.25) is 0 Å². The highest BCUT2D eigenvalue weighted by molar-refractivity contribution is 14.1. The lowest BCUT2D eigenvalue weighted by Crippen LogP contribution is -2.14. The zero-order valence-corrected chi connectivity index (χ0v) is 10.4. The SMILES string of the molecule is Cc1[nH]c(C2CCCN2)nc1I.Cl. The third-order valence-corrected chi connectivity index (χ3v) is 3.28. The Kier molecular flexibility index (Phi) is 4.00. The summed E-state index contributed by atoms with van der Waals surface area (Å²) in [6.07, 6.45) is 2.48. The van der Waals surface area contributed by atoms with Gasteiger partial charge in [-0.15, -0.1) is 12.4 Å². The second-order valence-corrected chi connectivity index (χ2v) is 4.21. The number of aromatic nitrogens is 2. The maximum atomic E-state index is 4.46. The van der Waals surface area contributed by atoms with Crippen molar-refractivity contribution < 1.29 is 0 Å². The van der Waals surface area contributed by atoms with E-state index < -0.39 is 0 Å². The van der Waals surface area contributed by atoms with Gasteiger partial charge in [0.15, 0.2) is 0 Å². The van der Waals surface area contributed by atoms with Gasteiger partial charge in [0, 0.05) is 5.69 Å². The second kappa shape index (κ2) is 4.61. The van der Waals surface area contributed by atoms with Gasteiger partial charge in [-0.1, -0.05) is 0 Å². The summed E-state index contributed by atoms with van der Waals surface area (Å²) in [7, 11) is 0. The molecule has 1 fully saturated rings. The molecule has 1 unspecified atom stereocenters. The number of imidazole rings is 1. The first-order valence-corrected chi connectivity index (χ1v) is 5.30. The van der Waals surface area contributed by atoms with E-state index in [0.717, 1.165) is 16.1 Å². The molecule has 74 valence electrons. The number of rotatable bonds is 1. The molecular weight excluding hydrogens is 300 g/mol. The molecule has 2 N–H and O–H groups in total. The summed E-state index contributed by atoms with van der Waals surface area (Å²) in [6.45, 7) is 3.19. The number of halogens is 2. The van der Waals surface area contributed by atoms with Gasteiger partial charge in [-0.3, -0.25) is 0 Å². The van der Waals surface area contributed by atoms with E-state index in [1.54, 1.807) is 0 Å². The Bertz CT molecular complexity index is 261. The number of nitrogens with one attached hydrogen (secondary N) is 2. The van der Waals surface area contributed by atoms with Crippen LogP contribution in [0.3, 0.4) is 0 Å². The van der Waals surface area contributed by atoms with Crippen molar-refractivity contribution in [3.8, 4) is 0 Å². The first kappa shape index (κ1) is 11.3. The summed E-state index contributed by atoms with van der Waals surface area (Å²) in [4.78, 5) is 7.77. The molecule has 1 saturated heterocycles. The Morgan fingerprint density at radius 3 is 2.77 bits per heavy atom. The molecule has 5 heteroatoms. The zero-order chi connectivity index (χ0) is 8.55. The molecule has 1 aromatic rings. The molecule has 1 aliphatic rings. The van der Waals surface area contributed by atoms with E-state index in [0.29, 0.717) is 6.04 Å². The average molecular weight is 314 g/mol. The third-order valence-electron chi connectivity index (χ3n) is 2.23. The summed E-state index contributed by atoms with van der Waals surface area (Å²) in [5, 5.41) is 3.42. The number of H-pyrrole nitrogens is 1. The smallest absolute Gasteiger partial charge is 0.124 e. The maximum absolute atomic E-state index is 4.46. The topological polar surface area (TPSA) is 40.7 Å². The first-order chi connectivity index (χ1) is 5.77. The van der Waals surface area contributed by atoms with Crippen molar-refractivity contribution in [2.75, 3.05) is 6.54 Å². The quantitative estimate of drug-likeness (QED) is 0.780. The zero-order valence-electron chi connectivity index (χ0n) is 7.43. The van der Waals surface area contributed by atoms with Gasteiger partial charge < -0.3 is 10.3 Å². The fraction of sp³-hybridized carbons (Fsp3) is 0.625. The van der Waals surface area contributed by atoms with Gasteiger partial charge in [0.05, 0.1) is 6.04 Å². The van der Waals surface area contributed by atoms with Crippen molar-refractivity contribution >= 4 is 35.0 Å². The molecule has 1 atom stereocenters. The minimum Gasteiger partial charge on any atom is -0.344 e. The van der Waals surface area contributed by atoms with Gasteiger partial charge in [0.25, 0.3) is 0 Å². The van der Waals surface area contributed by atoms with Crippen molar-refractivity contribution in [3.05, 3.63) is 15.2 Å². The Hall–Kier alpha value is 0.190. The van der Waals surface area contributed by atoms with Crippen molar-refractivity contribution in [2.24, 2.45) is 0 Å². The Labute approximate surface area is 97.6 Å². The van der Waals surface area contributed by atoms with Crippen molar-refractivity contribution in [1.29, 1.82) is 0 Å². The molecule has 0 aliphatic carbocycles. The largest absolute Gasteiger partial charge is 0.344 e. The lowest BCUT2D eigenvalue weighted by Gasteiger charge is -2.04. The van der Waals surface area contributed by atoms with Crippen LogP contribution < -0.4 is 5.32 Å². The fourth-order valence-electron chi connectivity index (χ4n) is 1.54. The summed E-state index contributed by atoms with van der Waals surface area (Å²) < 4.78 is 1.09. The Morgan fingerprint density at radius 1 is 1.54 bits per heavy atom. The van der Waals surface area contributed by atoms with Crippen LogP contribution in [0.5, 0.6) is 0 Å². The van der Waals surface area contributed by atoms with E-state index in [1.807, 2.05) is 0 Å². The Balaban J connectivity index is 0.000000845. The van der Waals surface area contributed by atoms with Gasteiger partial charge in [0.1, 0.15) is 9.53 Å². The molecular formula is C8H13ClIN3. The lowest BCUT2D eigenvalue weighted by atomic mass is 10.2. The molecule has 1 aromatic heterocycles. The molecule has 0 aromatic carbocycles. The average Bonchev–Trinajstić information content (AvgIpc) is 2.61. The van der Waals surface area contributed by atoms with E-state index in [2.05, 4.69) is 44.8 Å². The first-order valence-electron chi connectivity index (χ1n) is 4.23. The molecule has 0 saturated carbocycles. The number of hydrogen-bond acceptors (Lipinski definition) is 2. The lowest BCUT2D eigenvalue weighted by molar-refractivity contribution is 0.611. The molecule has 3 nitrogen and oxygen atoms in total. The molecule has 2 heterocycles. The fourth-order valence-corrected chi connectivity index (χ4v) is 1.94. The maximum Gasteiger partial charge on any atom is 0.124 e. The molecule has 0 spiro atoms. The van der Waals surface area contributed by atoms with Gasteiger partial charge in [-0.25, -0.2) is 4.98 Å². The summed E-state index contributed by atoms with van der Waals surface area (Å²) in [5.74, 6) is 1.11. The number of hydrogen-bond donors (Lipinski definition) is 2. The molecule has 0 radical (unpaired) electrons. The molecule has 0 amide bonds. The van der Waals surface area contributed by atoms with Crippen LogP contribution in [0.4, 0.5) is 0 Å². The molecule has 0 bridgehead atoms. The Morgan fingerprint density at radius 2 is 2.31 bits per heavy atom. The minimum atomic E-state index is 0. The second-order valence-electron chi connectivity index (χ2n) is 3.19. The normalized spacial score (nSPS) is 21.5. The van der Waals surface area contributed by atoms with Crippen LogP contribution in [-0.2, 0) is 0 Å². The highest BCUT2D eigenvalue weighted by Crippen LogP contribution is 2.21. The van der Waals surface area contributed by atoms with E-state index >= 15 is 0 Å². The van der Waals surface area contributed by atoms with Crippen LogP contribution in [0.25, 0.3) is 0 Å². The van der Waals surface area contributed by atoms with E-state index in [9.17, 15) is 0 Å². The van der Waals surface area contributed by atoms with Gasteiger partial charge in [-0.2, -0.15) is 0 Å². The predicted octanol–water partition coefficient (Wildman–Crippen LogP) is 2.17. The van der Waals surface area contributed by atoms with Crippen LogP contribution >= 0.6 is 35.0 Å². The standard InChI is InChI=1S/C8H12IN3.ClH/c1-5-7(9)12-8(11-5)6-3-2-4-10-6;/h6,10H,2-4H2,1H3,(H,11,12);1H. The van der Waals surface area contributed by atoms with Gasteiger partial charge in [-0.05, 0) is 48.9 Å². The summed E-state index contributed by atoms with van der Waals surface area (Å²) in [5.41, 5.74) is 1.18. The monoisotopic (exact) mass is 313 g/mol. The third kappa shape index (κ3) is 2.35. The van der Waals surface area contributed by atoms with Crippen LogP contribution in [0.15, 0.2) is 0 Å². The highest BCUT2D eigenvalue weighted by atomic mass is 127. The van der Waals surface area contributed by atoms with E-state index in [-0.39, 0.29) is 12.4 Å². The number of aromatic amines is 1. The molecule has 13 heavy (non-hydrogen) atoms. The summed E-state index contributed by atoms with van der Waals surface area (Å²) in [6, 6.07) is 0.465. The van der Waals surface area contributed by atoms with Crippen molar-refractivity contribution in [3.63, 3.8) is 0 Å². The van der Waals surface area contributed by atoms with Gasteiger partial charge >= 0.3 is 0 Å². The van der Waals surface area contributed by atoms with E-state index in [1.165, 1.54) is 18.5 Å². The van der Waals surface area contributed by atoms with Gasteiger partial charge in [0.2, 0.25) is 0 Å². The highest BCUT2D eigenvalue weighted by Gasteiger charge is 2.19.